The normalized spacial score (nSPS) is 12.2. The van der Waals surface area contributed by atoms with Gasteiger partial charge in [0.05, 0.1) is 21.8 Å². The summed E-state index contributed by atoms with van der Waals surface area (Å²) in [5, 5.41) is 8.41. The van der Waals surface area contributed by atoms with E-state index in [1.54, 1.807) is 28.3 Å². The Kier molecular flexibility index (Phi) is 5.76. The molecule has 0 saturated carbocycles. The van der Waals surface area contributed by atoms with Crippen LogP contribution in [0.5, 0.6) is 0 Å². The Bertz CT molecular complexity index is 1760. The Hall–Kier alpha value is -4.00. The smallest absolute Gasteiger partial charge is 0.264 e. The van der Waals surface area contributed by atoms with Gasteiger partial charge in [-0.1, -0.05) is 72.3 Å². The fraction of sp³-hybridized carbons (Fsp3) is 0.0690. The lowest BCUT2D eigenvalue weighted by molar-refractivity contribution is 0.774. The summed E-state index contributed by atoms with van der Waals surface area (Å²) < 4.78 is 1.73. The predicted molar refractivity (Wildman–Crippen MR) is 149 cm³/mol. The summed E-state index contributed by atoms with van der Waals surface area (Å²) in [6.07, 6.45) is 1.58. The van der Waals surface area contributed by atoms with Crippen LogP contribution in [0.3, 0.4) is 0 Å². The monoisotopic (exact) mass is 508 g/mol. The number of thiophene rings is 1. The number of halogens is 1. The lowest BCUT2D eigenvalue weighted by atomic mass is 10.1. The van der Waals surface area contributed by atoms with E-state index < -0.39 is 0 Å². The molecule has 0 aliphatic carbocycles. The minimum absolute atomic E-state index is 0.152. The van der Waals surface area contributed by atoms with Gasteiger partial charge in [-0.05, 0) is 42.1 Å². The molecule has 0 amide bonds. The number of pyridine rings is 1. The molecule has 36 heavy (non-hydrogen) atoms. The van der Waals surface area contributed by atoms with Crippen LogP contribution < -0.4 is 10.9 Å². The molecule has 1 atom stereocenters. The first-order valence-corrected chi connectivity index (χ1v) is 12.8. The lowest BCUT2D eigenvalue weighted by Gasteiger charge is -2.22. The molecule has 0 fully saturated rings. The highest BCUT2D eigenvalue weighted by Crippen LogP contribution is 2.37. The SMILES string of the molecule is C[C@H](Nc1ncnc2scc(-c3ccccc3)c12)c1cc2cccc(Cl)c2c(=O)n1-c1ccccc1. The topological polar surface area (TPSA) is 59.8 Å². The maximum atomic E-state index is 13.8. The number of hydrogen-bond donors (Lipinski definition) is 1. The molecule has 1 N–H and O–H groups in total. The van der Waals surface area contributed by atoms with Gasteiger partial charge >= 0.3 is 0 Å². The van der Waals surface area contributed by atoms with Gasteiger partial charge < -0.3 is 5.32 Å². The van der Waals surface area contributed by atoms with Gasteiger partial charge in [-0.25, -0.2) is 9.97 Å². The second kappa shape index (κ2) is 9.22. The highest BCUT2D eigenvalue weighted by atomic mass is 35.5. The van der Waals surface area contributed by atoms with Gasteiger partial charge in [0, 0.05) is 22.3 Å². The molecule has 0 radical (unpaired) electrons. The number of benzene rings is 3. The number of hydrogen-bond acceptors (Lipinski definition) is 5. The van der Waals surface area contributed by atoms with Gasteiger partial charge in [-0.3, -0.25) is 9.36 Å². The van der Waals surface area contributed by atoms with Gasteiger partial charge in [0.25, 0.3) is 5.56 Å². The van der Waals surface area contributed by atoms with Crippen molar-refractivity contribution in [3.05, 3.63) is 118 Å². The van der Waals surface area contributed by atoms with E-state index in [1.807, 2.05) is 73.7 Å². The summed E-state index contributed by atoms with van der Waals surface area (Å²) in [6, 6.07) is 27.2. The van der Waals surface area contributed by atoms with Crippen LogP contribution in [0.15, 0.2) is 101 Å². The molecule has 0 bridgehead atoms. The molecule has 3 heterocycles. The minimum Gasteiger partial charge on any atom is -0.361 e. The van der Waals surface area contributed by atoms with Crippen molar-refractivity contribution in [2.45, 2.75) is 13.0 Å². The number of rotatable bonds is 5. The predicted octanol–water partition coefficient (Wildman–Crippen LogP) is 7.49. The van der Waals surface area contributed by atoms with E-state index in [2.05, 4.69) is 32.8 Å². The van der Waals surface area contributed by atoms with E-state index in [1.165, 1.54) is 0 Å². The molecule has 3 aromatic carbocycles. The van der Waals surface area contributed by atoms with Crippen molar-refractivity contribution in [2.24, 2.45) is 0 Å². The maximum absolute atomic E-state index is 13.8. The fourth-order valence-electron chi connectivity index (χ4n) is 4.60. The highest BCUT2D eigenvalue weighted by molar-refractivity contribution is 7.17. The first kappa shape index (κ1) is 22.5. The van der Waals surface area contributed by atoms with Crippen molar-refractivity contribution >= 4 is 49.7 Å². The Balaban J connectivity index is 1.52. The lowest BCUT2D eigenvalue weighted by Crippen LogP contribution is -2.25. The average Bonchev–Trinajstić information content (AvgIpc) is 3.35. The van der Waals surface area contributed by atoms with Crippen LogP contribution in [0, 0.1) is 0 Å². The molecule has 0 unspecified atom stereocenters. The van der Waals surface area contributed by atoms with Crippen LogP contribution in [-0.2, 0) is 0 Å². The van der Waals surface area contributed by atoms with Crippen molar-refractivity contribution in [1.82, 2.24) is 14.5 Å². The van der Waals surface area contributed by atoms with Crippen LogP contribution in [0.2, 0.25) is 5.02 Å². The number of fused-ring (bicyclic) bond motifs is 2. The third kappa shape index (κ3) is 3.85. The zero-order chi connectivity index (χ0) is 24.6. The van der Waals surface area contributed by atoms with Crippen molar-refractivity contribution < 1.29 is 0 Å². The summed E-state index contributed by atoms with van der Waals surface area (Å²) in [6.45, 7) is 2.03. The van der Waals surface area contributed by atoms with Crippen LogP contribution in [-0.4, -0.2) is 14.5 Å². The molecule has 176 valence electrons. The Labute approximate surface area is 216 Å². The van der Waals surface area contributed by atoms with Crippen LogP contribution in [0.1, 0.15) is 18.7 Å². The zero-order valence-electron chi connectivity index (χ0n) is 19.4. The van der Waals surface area contributed by atoms with E-state index in [-0.39, 0.29) is 11.6 Å². The first-order valence-electron chi connectivity index (χ1n) is 11.6. The number of nitrogens with zero attached hydrogens (tertiary/aromatic N) is 3. The quantitative estimate of drug-likeness (QED) is 0.262. The molecule has 6 rings (SSSR count). The van der Waals surface area contributed by atoms with Crippen molar-refractivity contribution in [3.8, 4) is 16.8 Å². The van der Waals surface area contributed by atoms with Crippen LogP contribution >= 0.6 is 22.9 Å². The Morgan fingerprint density at radius 2 is 1.67 bits per heavy atom. The second-order valence-electron chi connectivity index (χ2n) is 8.53. The third-order valence-electron chi connectivity index (χ3n) is 6.29. The first-order chi connectivity index (χ1) is 17.6. The molecule has 3 aromatic heterocycles. The largest absolute Gasteiger partial charge is 0.361 e. The van der Waals surface area contributed by atoms with Gasteiger partial charge in [0.15, 0.2) is 0 Å². The molecule has 7 heteroatoms. The van der Waals surface area contributed by atoms with Gasteiger partial charge in [0.2, 0.25) is 0 Å². The molecule has 0 aliphatic rings. The molecule has 6 aromatic rings. The fourth-order valence-corrected chi connectivity index (χ4v) is 5.77. The standard InChI is InChI=1S/C29H21ClN4OS/c1-18(33-27-26-22(19-9-4-2-5-10-19)16-36-28(26)32-17-31-27)24-15-20-11-8-14-23(30)25(20)29(35)34(24)21-12-6-3-7-13-21/h2-18H,1H3,(H,31,32,33)/t18-/m0/s1. The molecular weight excluding hydrogens is 488 g/mol. The summed E-state index contributed by atoms with van der Waals surface area (Å²) in [5.74, 6) is 0.728. The van der Waals surface area contributed by atoms with Crippen LogP contribution in [0.4, 0.5) is 5.82 Å². The summed E-state index contributed by atoms with van der Waals surface area (Å²) >= 11 is 8.06. The van der Waals surface area contributed by atoms with E-state index in [9.17, 15) is 4.79 Å². The van der Waals surface area contributed by atoms with Gasteiger partial charge in [-0.15, -0.1) is 11.3 Å². The van der Waals surface area contributed by atoms with E-state index in [0.717, 1.165) is 43.9 Å². The minimum atomic E-state index is -0.247. The molecule has 0 saturated heterocycles. The molecule has 5 nitrogen and oxygen atoms in total. The second-order valence-corrected chi connectivity index (χ2v) is 9.80. The number of anilines is 1. The van der Waals surface area contributed by atoms with E-state index in [0.29, 0.717) is 10.4 Å². The number of para-hydroxylation sites is 1. The number of nitrogens with one attached hydrogen (secondary N) is 1. The summed E-state index contributed by atoms with van der Waals surface area (Å²) in [7, 11) is 0. The summed E-state index contributed by atoms with van der Waals surface area (Å²) in [4.78, 5) is 23.8. The zero-order valence-corrected chi connectivity index (χ0v) is 20.9. The van der Waals surface area contributed by atoms with Crippen molar-refractivity contribution in [1.29, 1.82) is 0 Å². The third-order valence-corrected chi connectivity index (χ3v) is 7.49. The van der Waals surface area contributed by atoms with Crippen molar-refractivity contribution in [3.63, 3.8) is 0 Å². The van der Waals surface area contributed by atoms with Gasteiger partial charge in [-0.2, -0.15) is 0 Å². The molecule has 0 aliphatic heterocycles. The van der Waals surface area contributed by atoms with Crippen molar-refractivity contribution in [2.75, 3.05) is 5.32 Å². The van der Waals surface area contributed by atoms with Gasteiger partial charge in [0.1, 0.15) is 17.0 Å². The molecule has 0 spiro atoms. The Morgan fingerprint density at radius 1 is 0.917 bits per heavy atom. The molecular formula is C29H21ClN4OS. The van der Waals surface area contributed by atoms with E-state index in [4.69, 9.17) is 11.6 Å². The number of aromatic nitrogens is 3. The van der Waals surface area contributed by atoms with E-state index >= 15 is 0 Å². The highest BCUT2D eigenvalue weighted by Gasteiger charge is 2.20. The maximum Gasteiger partial charge on any atom is 0.264 e. The van der Waals surface area contributed by atoms with Crippen LogP contribution in [0.25, 0.3) is 37.8 Å². The average molecular weight is 509 g/mol. The Morgan fingerprint density at radius 3 is 2.44 bits per heavy atom. The summed E-state index contributed by atoms with van der Waals surface area (Å²) in [5.41, 5.74) is 3.62.